The minimum atomic E-state index is -0.284. The summed E-state index contributed by atoms with van der Waals surface area (Å²) < 4.78 is 14.1. The number of likely N-dealkylation sites (tertiary alicyclic amines) is 1. The average molecular weight is 279 g/mol. The number of anilines is 1. The third-order valence-electron chi connectivity index (χ3n) is 4.50. The van der Waals surface area contributed by atoms with Gasteiger partial charge < -0.3 is 10.6 Å². The Hall–Kier alpha value is -1.27. The summed E-state index contributed by atoms with van der Waals surface area (Å²) in [6, 6.07) is 0.850. The van der Waals surface area contributed by atoms with Crippen molar-refractivity contribution in [1.29, 1.82) is 0 Å². The summed E-state index contributed by atoms with van der Waals surface area (Å²) in [6.45, 7) is 5.51. The first-order chi connectivity index (χ1) is 9.65. The van der Waals surface area contributed by atoms with Crippen LogP contribution >= 0.6 is 0 Å². The predicted octanol–water partition coefficient (Wildman–Crippen LogP) is 0.926. The van der Waals surface area contributed by atoms with Gasteiger partial charge in [0, 0.05) is 25.2 Å². The van der Waals surface area contributed by atoms with Crippen LogP contribution in [0.5, 0.6) is 0 Å². The number of piperidine rings is 1. The van der Waals surface area contributed by atoms with Gasteiger partial charge >= 0.3 is 0 Å². The maximum atomic E-state index is 14.1. The highest BCUT2D eigenvalue weighted by Gasteiger charge is 2.31. The lowest BCUT2D eigenvalue weighted by atomic mass is 10.0. The monoisotopic (exact) mass is 279 g/mol. The molecule has 2 aliphatic heterocycles. The third kappa shape index (κ3) is 2.62. The Morgan fingerprint density at radius 3 is 2.70 bits per heavy atom. The van der Waals surface area contributed by atoms with Gasteiger partial charge in [0.2, 0.25) is 0 Å². The molecule has 1 aromatic heterocycles. The molecule has 1 unspecified atom stereocenters. The Kier molecular flexibility index (Phi) is 3.85. The number of hydrogen-bond acceptors (Lipinski definition) is 5. The molecule has 1 aromatic rings. The first kappa shape index (κ1) is 13.7. The Morgan fingerprint density at radius 1 is 1.20 bits per heavy atom. The summed E-state index contributed by atoms with van der Waals surface area (Å²) in [4.78, 5) is 12.5. The van der Waals surface area contributed by atoms with Crippen molar-refractivity contribution in [3.05, 3.63) is 17.8 Å². The van der Waals surface area contributed by atoms with Crippen LogP contribution in [-0.2, 0) is 0 Å². The van der Waals surface area contributed by atoms with Crippen molar-refractivity contribution in [2.75, 3.05) is 31.1 Å². The first-order valence-corrected chi connectivity index (χ1v) is 7.37. The number of nitrogens with zero attached hydrogens (tertiary/aromatic N) is 4. The smallest absolute Gasteiger partial charge is 0.186 e. The zero-order valence-electron chi connectivity index (χ0n) is 11.9. The lowest BCUT2D eigenvalue weighted by molar-refractivity contribution is 0.163. The molecule has 2 aliphatic rings. The highest BCUT2D eigenvalue weighted by Crippen LogP contribution is 2.25. The van der Waals surface area contributed by atoms with Crippen LogP contribution in [0.25, 0.3) is 0 Å². The molecular weight excluding hydrogens is 257 g/mol. The minimum Gasteiger partial charge on any atom is -0.352 e. The lowest BCUT2D eigenvalue weighted by Gasteiger charge is -2.34. The highest BCUT2D eigenvalue weighted by atomic mass is 19.1. The van der Waals surface area contributed by atoms with E-state index >= 15 is 0 Å². The van der Waals surface area contributed by atoms with Crippen molar-refractivity contribution in [1.82, 2.24) is 14.9 Å². The molecule has 1 atom stereocenters. The van der Waals surface area contributed by atoms with E-state index in [1.165, 1.54) is 6.33 Å². The molecule has 5 nitrogen and oxygen atoms in total. The quantitative estimate of drug-likeness (QED) is 0.872. The fourth-order valence-corrected chi connectivity index (χ4v) is 3.18. The first-order valence-electron chi connectivity index (χ1n) is 7.37. The van der Waals surface area contributed by atoms with E-state index in [1.807, 2.05) is 4.90 Å². The number of rotatable bonds is 2. The Balaban J connectivity index is 1.66. The molecule has 0 spiro atoms. The van der Waals surface area contributed by atoms with Gasteiger partial charge in [-0.2, -0.15) is 0 Å². The van der Waals surface area contributed by atoms with Gasteiger partial charge in [0.1, 0.15) is 6.33 Å². The van der Waals surface area contributed by atoms with Gasteiger partial charge in [-0.1, -0.05) is 0 Å². The Labute approximate surface area is 119 Å². The molecule has 0 aliphatic carbocycles. The molecule has 0 radical (unpaired) electrons. The second-order valence-corrected chi connectivity index (χ2v) is 5.86. The molecule has 2 N–H and O–H groups in total. The molecular formula is C14H22FN5. The maximum absolute atomic E-state index is 14.1. The molecule has 3 rings (SSSR count). The summed E-state index contributed by atoms with van der Waals surface area (Å²) in [7, 11) is 0. The SMILES string of the molecule is Cc1ncnc(N2CCC(N3CCC(N)CC3)C2)c1F. The average Bonchev–Trinajstić information content (AvgIpc) is 2.92. The van der Waals surface area contributed by atoms with Crippen molar-refractivity contribution in [3.8, 4) is 0 Å². The maximum Gasteiger partial charge on any atom is 0.186 e. The number of nitrogens with two attached hydrogens (primary N) is 1. The van der Waals surface area contributed by atoms with Gasteiger partial charge in [-0.25, -0.2) is 14.4 Å². The van der Waals surface area contributed by atoms with Crippen LogP contribution in [0.15, 0.2) is 6.33 Å². The molecule has 2 saturated heterocycles. The standard InChI is InChI=1S/C14H22FN5/c1-10-13(15)14(18-9-17-10)20-7-4-12(8-20)19-5-2-11(16)3-6-19/h9,11-12H,2-8,16H2,1H3. The van der Waals surface area contributed by atoms with Gasteiger partial charge in [-0.05, 0) is 39.3 Å². The zero-order valence-corrected chi connectivity index (χ0v) is 11.9. The molecule has 0 amide bonds. The van der Waals surface area contributed by atoms with Gasteiger partial charge in [0.15, 0.2) is 11.6 Å². The zero-order chi connectivity index (χ0) is 14.1. The molecule has 0 bridgehead atoms. The van der Waals surface area contributed by atoms with E-state index in [4.69, 9.17) is 5.73 Å². The second kappa shape index (κ2) is 5.61. The number of halogens is 1. The lowest BCUT2D eigenvalue weighted by Crippen LogP contribution is -2.46. The van der Waals surface area contributed by atoms with Gasteiger partial charge in [0.05, 0.1) is 5.69 Å². The largest absolute Gasteiger partial charge is 0.352 e. The molecule has 6 heteroatoms. The van der Waals surface area contributed by atoms with Crippen molar-refractivity contribution < 1.29 is 4.39 Å². The van der Waals surface area contributed by atoms with E-state index < -0.39 is 0 Å². The third-order valence-corrected chi connectivity index (χ3v) is 4.50. The predicted molar refractivity (Wildman–Crippen MR) is 76.1 cm³/mol. The normalized spacial score (nSPS) is 25.4. The molecule has 3 heterocycles. The van der Waals surface area contributed by atoms with Crippen LogP contribution in [0.1, 0.15) is 25.0 Å². The fourth-order valence-electron chi connectivity index (χ4n) is 3.18. The van der Waals surface area contributed by atoms with Crippen LogP contribution in [0, 0.1) is 12.7 Å². The molecule has 20 heavy (non-hydrogen) atoms. The highest BCUT2D eigenvalue weighted by molar-refractivity contribution is 5.42. The summed E-state index contributed by atoms with van der Waals surface area (Å²) in [5.41, 5.74) is 6.37. The van der Waals surface area contributed by atoms with Crippen LogP contribution in [0.4, 0.5) is 10.2 Å². The van der Waals surface area contributed by atoms with E-state index in [1.54, 1.807) is 6.92 Å². The van der Waals surface area contributed by atoms with Crippen LogP contribution in [0.2, 0.25) is 0 Å². The van der Waals surface area contributed by atoms with E-state index in [0.29, 0.717) is 23.6 Å². The van der Waals surface area contributed by atoms with Crippen LogP contribution in [0.3, 0.4) is 0 Å². The second-order valence-electron chi connectivity index (χ2n) is 5.86. The molecule has 0 saturated carbocycles. The number of hydrogen-bond donors (Lipinski definition) is 1. The van der Waals surface area contributed by atoms with Crippen LogP contribution in [-0.4, -0.2) is 53.1 Å². The number of aromatic nitrogens is 2. The van der Waals surface area contributed by atoms with Gasteiger partial charge in [-0.3, -0.25) is 4.90 Å². The van der Waals surface area contributed by atoms with Crippen molar-refractivity contribution in [2.24, 2.45) is 5.73 Å². The fraction of sp³-hybridized carbons (Fsp3) is 0.714. The Morgan fingerprint density at radius 2 is 1.95 bits per heavy atom. The van der Waals surface area contributed by atoms with Gasteiger partial charge in [-0.15, -0.1) is 0 Å². The molecule has 110 valence electrons. The minimum absolute atomic E-state index is 0.284. The number of aryl methyl sites for hydroxylation is 1. The van der Waals surface area contributed by atoms with Crippen LogP contribution < -0.4 is 10.6 Å². The van der Waals surface area contributed by atoms with E-state index in [0.717, 1.165) is 45.4 Å². The molecule has 2 fully saturated rings. The summed E-state index contributed by atoms with van der Waals surface area (Å²) >= 11 is 0. The molecule has 0 aromatic carbocycles. The Bertz CT molecular complexity index is 473. The summed E-state index contributed by atoms with van der Waals surface area (Å²) in [6.07, 6.45) is 4.65. The van der Waals surface area contributed by atoms with Crippen molar-refractivity contribution in [3.63, 3.8) is 0 Å². The summed E-state index contributed by atoms with van der Waals surface area (Å²) in [5, 5.41) is 0. The topological polar surface area (TPSA) is 58.3 Å². The van der Waals surface area contributed by atoms with E-state index in [-0.39, 0.29) is 5.82 Å². The van der Waals surface area contributed by atoms with Crippen molar-refractivity contribution in [2.45, 2.75) is 38.3 Å². The van der Waals surface area contributed by atoms with Gasteiger partial charge in [0.25, 0.3) is 0 Å². The summed E-state index contributed by atoms with van der Waals surface area (Å²) in [5.74, 6) is 0.169. The van der Waals surface area contributed by atoms with Crippen molar-refractivity contribution >= 4 is 5.82 Å². The van der Waals surface area contributed by atoms with E-state index in [2.05, 4.69) is 14.9 Å². The van der Waals surface area contributed by atoms with E-state index in [9.17, 15) is 4.39 Å².